The Labute approximate surface area is 162 Å². The van der Waals surface area contributed by atoms with Crippen LogP contribution in [0.2, 0.25) is 0 Å². The number of aromatic hydroxyl groups is 1. The number of benzene rings is 2. The zero-order valence-corrected chi connectivity index (χ0v) is 15.7. The summed E-state index contributed by atoms with van der Waals surface area (Å²) in [5.74, 6) is 0.730. The van der Waals surface area contributed by atoms with Gasteiger partial charge in [-0.25, -0.2) is 4.79 Å². The number of hydrogen-bond acceptors (Lipinski definition) is 6. The van der Waals surface area contributed by atoms with Crippen molar-refractivity contribution in [3.63, 3.8) is 0 Å². The summed E-state index contributed by atoms with van der Waals surface area (Å²) in [4.78, 5) is 16.6. The molecule has 0 saturated carbocycles. The van der Waals surface area contributed by atoms with E-state index in [1.54, 1.807) is 67.3 Å². The molecule has 7 heteroatoms. The van der Waals surface area contributed by atoms with Gasteiger partial charge in [-0.15, -0.1) is 0 Å². The van der Waals surface area contributed by atoms with E-state index in [0.717, 1.165) is 5.75 Å². The number of methoxy groups -OCH3 is 3. The van der Waals surface area contributed by atoms with Crippen LogP contribution in [0, 0.1) is 0 Å². The van der Waals surface area contributed by atoms with Crippen molar-refractivity contribution in [2.75, 3.05) is 21.3 Å². The Bertz CT molecular complexity index is 989. The van der Waals surface area contributed by atoms with Gasteiger partial charge in [0.2, 0.25) is 0 Å². The minimum Gasteiger partial charge on any atom is -0.506 e. The van der Waals surface area contributed by atoms with Gasteiger partial charge in [-0.05, 0) is 48.5 Å². The first-order valence-corrected chi connectivity index (χ1v) is 8.43. The second-order valence-corrected chi connectivity index (χ2v) is 5.78. The van der Waals surface area contributed by atoms with Crippen LogP contribution in [0.4, 0.5) is 5.69 Å². The van der Waals surface area contributed by atoms with E-state index in [4.69, 9.17) is 14.2 Å². The molecule has 0 aliphatic carbocycles. The van der Waals surface area contributed by atoms with Crippen LogP contribution in [-0.4, -0.2) is 43.2 Å². The molecule has 2 aromatic carbocycles. The van der Waals surface area contributed by atoms with Gasteiger partial charge in [-0.2, -0.15) is 0 Å². The van der Waals surface area contributed by atoms with E-state index >= 15 is 0 Å². The number of carbonyl (C=O) groups excluding carboxylic acids is 1. The number of hydrogen-bond donors (Lipinski definition) is 1. The lowest BCUT2D eigenvalue weighted by Gasteiger charge is -2.11. The third kappa shape index (κ3) is 3.83. The van der Waals surface area contributed by atoms with Crippen molar-refractivity contribution >= 4 is 17.9 Å². The molecule has 3 rings (SSSR count). The minimum absolute atomic E-state index is 0.0894. The fourth-order valence-electron chi connectivity index (χ4n) is 2.70. The van der Waals surface area contributed by atoms with Crippen LogP contribution < -0.4 is 9.47 Å². The average Bonchev–Trinajstić information content (AvgIpc) is 3.08. The number of carbonyl (C=O) groups is 1. The van der Waals surface area contributed by atoms with E-state index in [-0.39, 0.29) is 11.4 Å². The van der Waals surface area contributed by atoms with E-state index in [1.807, 2.05) is 0 Å². The molecule has 0 aliphatic rings. The molecule has 1 heterocycles. The normalized spacial score (nSPS) is 10.8. The van der Waals surface area contributed by atoms with Gasteiger partial charge in [-0.3, -0.25) is 9.56 Å². The SMILES string of the molecule is COC(=O)c1cc(O)c(C=Nc2ccc(OC)cc2)n1-c1ccc(OC)cc1. The number of rotatable bonds is 6. The molecule has 0 fully saturated rings. The van der Waals surface area contributed by atoms with Crippen LogP contribution in [0.5, 0.6) is 17.2 Å². The van der Waals surface area contributed by atoms with E-state index in [1.165, 1.54) is 19.4 Å². The molecule has 0 unspecified atom stereocenters. The van der Waals surface area contributed by atoms with E-state index < -0.39 is 5.97 Å². The third-order valence-corrected chi connectivity index (χ3v) is 4.15. The fourth-order valence-corrected chi connectivity index (χ4v) is 2.70. The molecule has 0 bridgehead atoms. The molecule has 1 N–H and O–H groups in total. The highest BCUT2D eigenvalue weighted by molar-refractivity contribution is 5.94. The number of esters is 1. The van der Waals surface area contributed by atoms with Crippen LogP contribution >= 0.6 is 0 Å². The van der Waals surface area contributed by atoms with Crippen molar-refractivity contribution in [2.24, 2.45) is 4.99 Å². The van der Waals surface area contributed by atoms with Crippen LogP contribution in [0.1, 0.15) is 16.2 Å². The lowest BCUT2D eigenvalue weighted by Crippen LogP contribution is -2.11. The summed E-state index contributed by atoms with van der Waals surface area (Å²) in [5.41, 5.74) is 1.85. The Morgan fingerprint density at radius 3 is 2.07 bits per heavy atom. The van der Waals surface area contributed by atoms with Gasteiger partial charge in [0.15, 0.2) is 0 Å². The second-order valence-electron chi connectivity index (χ2n) is 5.78. The standard InChI is InChI=1S/C21H20N2O5/c1-26-16-8-4-14(5-9-16)22-13-19-20(24)12-18(21(25)28-3)23(19)15-6-10-17(27-2)11-7-15/h4-13,24H,1-3H3. The lowest BCUT2D eigenvalue weighted by molar-refractivity contribution is 0.0591. The molecule has 144 valence electrons. The van der Waals surface area contributed by atoms with Gasteiger partial charge in [0.05, 0.1) is 33.2 Å². The fraction of sp³-hybridized carbons (Fsp3) is 0.143. The van der Waals surface area contributed by atoms with Crippen LogP contribution in [-0.2, 0) is 4.74 Å². The molecular formula is C21H20N2O5. The molecule has 1 aromatic heterocycles. The largest absolute Gasteiger partial charge is 0.506 e. The second kappa shape index (κ2) is 8.30. The molecule has 3 aromatic rings. The van der Waals surface area contributed by atoms with Gasteiger partial charge >= 0.3 is 5.97 Å². The van der Waals surface area contributed by atoms with Gasteiger partial charge < -0.3 is 19.3 Å². The molecule has 0 amide bonds. The maximum absolute atomic E-state index is 12.2. The van der Waals surface area contributed by atoms with Crippen molar-refractivity contribution in [1.29, 1.82) is 0 Å². The summed E-state index contributed by atoms with van der Waals surface area (Å²) in [6.07, 6.45) is 1.49. The third-order valence-electron chi connectivity index (χ3n) is 4.15. The summed E-state index contributed by atoms with van der Waals surface area (Å²) in [5, 5.41) is 10.4. The van der Waals surface area contributed by atoms with Gasteiger partial charge in [0, 0.05) is 11.8 Å². The summed E-state index contributed by atoms with van der Waals surface area (Å²) in [6.45, 7) is 0. The maximum atomic E-state index is 12.2. The summed E-state index contributed by atoms with van der Waals surface area (Å²) in [7, 11) is 4.45. The van der Waals surface area contributed by atoms with Crippen LogP contribution in [0.25, 0.3) is 5.69 Å². The molecule has 0 spiro atoms. The summed E-state index contributed by atoms with van der Waals surface area (Å²) in [6, 6.07) is 15.6. The first-order valence-electron chi connectivity index (χ1n) is 8.43. The Morgan fingerprint density at radius 2 is 1.54 bits per heavy atom. The predicted molar refractivity (Wildman–Crippen MR) is 106 cm³/mol. The minimum atomic E-state index is -0.574. The van der Waals surface area contributed by atoms with Crippen molar-refractivity contribution in [1.82, 2.24) is 4.57 Å². The lowest BCUT2D eigenvalue weighted by atomic mass is 10.2. The quantitative estimate of drug-likeness (QED) is 0.520. The molecular weight excluding hydrogens is 360 g/mol. The summed E-state index contributed by atoms with van der Waals surface area (Å²) >= 11 is 0. The molecule has 0 atom stereocenters. The Hall–Kier alpha value is -3.74. The smallest absolute Gasteiger partial charge is 0.355 e. The molecule has 0 radical (unpaired) electrons. The number of aliphatic imine (C=N–C) groups is 1. The van der Waals surface area contributed by atoms with E-state index in [9.17, 15) is 9.90 Å². The molecule has 0 saturated heterocycles. The van der Waals surface area contributed by atoms with Gasteiger partial charge in [0.1, 0.15) is 28.6 Å². The zero-order valence-electron chi connectivity index (χ0n) is 15.7. The summed E-state index contributed by atoms with van der Waals surface area (Å²) < 4.78 is 16.7. The Balaban J connectivity index is 2.07. The first-order chi connectivity index (χ1) is 13.6. The molecule has 0 aliphatic heterocycles. The molecule has 28 heavy (non-hydrogen) atoms. The monoisotopic (exact) mass is 380 g/mol. The van der Waals surface area contributed by atoms with Crippen LogP contribution in [0.15, 0.2) is 59.6 Å². The molecule has 7 nitrogen and oxygen atoms in total. The van der Waals surface area contributed by atoms with E-state index in [0.29, 0.717) is 22.8 Å². The topological polar surface area (TPSA) is 82.3 Å². The van der Waals surface area contributed by atoms with Gasteiger partial charge in [0.25, 0.3) is 0 Å². The number of ether oxygens (including phenoxy) is 3. The van der Waals surface area contributed by atoms with Crippen molar-refractivity contribution in [3.8, 4) is 22.9 Å². The van der Waals surface area contributed by atoms with Crippen molar-refractivity contribution in [2.45, 2.75) is 0 Å². The van der Waals surface area contributed by atoms with E-state index in [2.05, 4.69) is 4.99 Å². The Kier molecular flexibility index (Phi) is 5.64. The zero-order chi connectivity index (χ0) is 20.1. The van der Waals surface area contributed by atoms with Crippen molar-refractivity contribution in [3.05, 3.63) is 66.0 Å². The highest BCUT2D eigenvalue weighted by Gasteiger charge is 2.21. The maximum Gasteiger partial charge on any atom is 0.355 e. The van der Waals surface area contributed by atoms with Crippen molar-refractivity contribution < 1.29 is 24.1 Å². The Morgan fingerprint density at radius 1 is 0.964 bits per heavy atom. The number of aromatic nitrogens is 1. The first kappa shape index (κ1) is 19.0. The predicted octanol–water partition coefficient (Wildman–Crippen LogP) is 3.74. The van der Waals surface area contributed by atoms with Gasteiger partial charge in [-0.1, -0.05) is 0 Å². The van der Waals surface area contributed by atoms with Crippen LogP contribution in [0.3, 0.4) is 0 Å². The highest BCUT2D eigenvalue weighted by atomic mass is 16.5. The highest BCUT2D eigenvalue weighted by Crippen LogP contribution is 2.28. The number of nitrogens with zero attached hydrogens (tertiary/aromatic N) is 2. The average molecular weight is 380 g/mol.